The van der Waals surface area contributed by atoms with Gasteiger partial charge in [0.1, 0.15) is 0 Å². The summed E-state index contributed by atoms with van der Waals surface area (Å²) < 4.78 is 52.7. The minimum Gasteiger partial charge on any atom is -0.503 e. The summed E-state index contributed by atoms with van der Waals surface area (Å²) >= 11 is 0. The molecule has 102 valence electrons. The second-order valence-corrected chi connectivity index (χ2v) is 5.70. The molecule has 18 heavy (non-hydrogen) atoms. The minimum absolute atomic E-state index is 0.334. The molecule has 0 aromatic heterocycles. The van der Waals surface area contributed by atoms with Gasteiger partial charge >= 0.3 is 10.2 Å². The van der Waals surface area contributed by atoms with Crippen molar-refractivity contribution in [2.24, 2.45) is 0 Å². The Labute approximate surface area is 104 Å². The maximum absolute atomic E-state index is 13.4. The lowest BCUT2D eigenvalue weighted by Gasteiger charge is -2.21. The molecule has 0 saturated carbocycles. The fourth-order valence-corrected chi connectivity index (χ4v) is 2.24. The molecule has 0 atom stereocenters. The van der Waals surface area contributed by atoms with E-state index in [2.05, 4.69) is 0 Å². The van der Waals surface area contributed by atoms with Crippen LogP contribution in [0.3, 0.4) is 0 Å². The van der Waals surface area contributed by atoms with Crippen LogP contribution in [0, 0.1) is 11.6 Å². The van der Waals surface area contributed by atoms with Gasteiger partial charge in [-0.05, 0) is 26.0 Å². The van der Waals surface area contributed by atoms with Crippen LogP contribution in [0.2, 0.25) is 0 Å². The number of benzene rings is 1. The van der Waals surface area contributed by atoms with Crippen LogP contribution in [0.1, 0.15) is 13.8 Å². The molecule has 0 fully saturated rings. The van der Waals surface area contributed by atoms with E-state index in [1.807, 2.05) is 4.72 Å². The van der Waals surface area contributed by atoms with Crippen LogP contribution in [0.15, 0.2) is 12.1 Å². The van der Waals surface area contributed by atoms with E-state index in [1.54, 1.807) is 13.8 Å². The summed E-state index contributed by atoms with van der Waals surface area (Å²) in [6.45, 7) is 3.27. The summed E-state index contributed by atoms with van der Waals surface area (Å²) in [6, 6.07) is 1.33. The highest BCUT2D eigenvalue weighted by Crippen LogP contribution is 2.27. The molecule has 5 nitrogen and oxygen atoms in total. The number of phenols is 1. The zero-order chi connectivity index (χ0) is 14.1. The van der Waals surface area contributed by atoms with E-state index in [-0.39, 0.29) is 6.04 Å². The van der Waals surface area contributed by atoms with Gasteiger partial charge in [0.2, 0.25) is 0 Å². The zero-order valence-electron chi connectivity index (χ0n) is 10.1. The molecule has 0 saturated heterocycles. The third-order valence-corrected chi connectivity index (χ3v) is 4.07. The van der Waals surface area contributed by atoms with Gasteiger partial charge in [0.25, 0.3) is 0 Å². The molecule has 2 N–H and O–H groups in total. The molecular formula is C10H14F2N2O3S. The van der Waals surface area contributed by atoms with E-state index in [4.69, 9.17) is 5.11 Å². The van der Waals surface area contributed by atoms with Crippen LogP contribution in [0.5, 0.6) is 5.75 Å². The van der Waals surface area contributed by atoms with Crippen LogP contribution in [-0.4, -0.2) is 30.9 Å². The van der Waals surface area contributed by atoms with E-state index in [0.717, 1.165) is 16.4 Å². The fourth-order valence-electron chi connectivity index (χ4n) is 1.11. The van der Waals surface area contributed by atoms with Crippen molar-refractivity contribution >= 4 is 15.9 Å². The molecular weight excluding hydrogens is 266 g/mol. The molecule has 0 heterocycles. The summed E-state index contributed by atoms with van der Waals surface area (Å²) in [4.78, 5) is 0. The molecule has 0 amide bonds. The topological polar surface area (TPSA) is 69.6 Å². The molecule has 1 rings (SSSR count). The van der Waals surface area contributed by atoms with Crippen molar-refractivity contribution in [2.45, 2.75) is 19.9 Å². The summed E-state index contributed by atoms with van der Waals surface area (Å²) in [5.41, 5.74) is -0.513. The molecule has 0 spiro atoms. The lowest BCUT2D eigenvalue weighted by molar-refractivity contribution is 0.397. The monoisotopic (exact) mass is 280 g/mol. The van der Waals surface area contributed by atoms with Crippen LogP contribution in [0.25, 0.3) is 0 Å². The number of hydrogen-bond acceptors (Lipinski definition) is 3. The Balaban J connectivity index is 3.10. The van der Waals surface area contributed by atoms with E-state index >= 15 is 0 Å². The number of phenolic OH excluding ortho intramolecular Hbond substituents is 1. The predicted octanol–water partition coefficient (Wildman–Crippen LogP) is 1.67. The first-order chi connectivity index (χ1) is 8.16. The van der Waals surface area contributed by atoms with Crippen molar-refractivity contribution in [2.75, 3.05) is 11.8 Å². The van der Waals surface area contributed by atoms with Gasteiger partial charge in [-0.15, -0.1) is 0 Å². The molecule has 0 aliphatic rings. The third kappa shape index (κ3) is 2.88. The van der Waals surface area contributed by atoms with Crippen LogP contribution in [0.4, 0.5) is 14.5 Å². The normalized spacial score (nSPS) is 12.2. The summed E-state index contributed by atoms with van der Waals surface area (Å²) in [7, 11) is -2.64. The van der Waals surface area contributed by atoms with Crippen molar-refractivity contribution in [1.29, 1.82) is 0 Å². The third-order valence-electron chi connectivity index (χ3n) is 2.41. The average molecular weight is 280 g/mol. The molecule has 0 bridgehead atoms. The Hall–Kier alpha value is -1.41. The fraction of sp³-hybridized carbons (Fsp3) is 0.400. The van der Waals surface area contributed by atoms with Gasteiger partial charge in [0.15, 0.2) is 17.4 Å². The van der Waals surface area contributed by atoms with Gasteiger partial charge < -0.3 is 5.11 Å². The van der Waals surface area contributed by atoms with Gasteiger partial charge in [-0.3, -0.25) is 4.72 Å². The second kappa shape index (κ2) is 5.07. The second-order valence-electron chi connectivity index (χ2n) is 3.97. The first-order valence-corrected chi connectivity index (χ1v) is 6.53. The lowest BCUT2D eigenvalue weighted by Crippen LogP contribution is -2.37. The predicted molar refractivity (Wildman–Crippen MR) is 63.5 cm³/mol. The SMILES string of the molecule is CC(C)N(C)S(=O)(=O)Nc1ccc(F)c(O)c1F. The quantitative estimate of drug-likeness (QED) is 0.881. The Morgan fingerprint density at radius 1 is 1.33 bits per heavy atom. The number of rotatable bonds is 4. The number of aromatic hydroxyl groups is 1. The van der Waals surface area contributed by atoms with Gasteiger partial charge in [-0.25, -0.2) is 8.78 Å². The number of nitrogens with one attached hydrogen (secondary N) is 1. The Morgan fingerprint density at radius 2 is 1.89 bits per heavy atom. The number of halogens is 2. The summed E-state index contributed by atoms with van der Waals surface area (Å²) in [5, 5.41) is 9.03. The standard InChI is InChI=1S/C10H14F2N2O3S/c1-6(2)14(3)18(16,17)13-8-5-4-7(11)10(15)9(8)12/h4-6,13,15H,1-3H3. The van der Waals surface area contributed by atoms with Gasteiger partial charge in [-0.1, -0.05) is 0 Å². The first-order valence-electron chi connectivity index (χ1n) is 5.09. The molecule has 0 aliphatic carbocycles. The van der Waals surface area contributed by atoms with Crippen molar-refractivity contribution in [3.05, 3.63) is 23.8 Å². The van der Waals surface area contributed by atoms with Crippen molar-refractivity contribution in [3.8, 4) is 5.75 Å². The van der Waals surface area contributed by atoms with Gasteiger partial charge in [0.05, 0.1) is 5.69 Å². The minimum atomic E-state index is -3.95. The van der Waals surface area contributed by atoms with Crippen molar-refractivity contribution in [3.63, 3.8) is 0 Å². The summed E-state index contributed by atoms with van der Waals surface area (Å²) in [6.07, 6.45) is 0. The summed E-state index contributed by atoms with van der Waals surface area (Å²) in [5.74, 6) is -3.73. The smallest absolute Gasteiger partial charge is 0.301 e. The van der Waals surface area contributed by atoms with Gasteiger partial charge in [0, 0.05) is 13.1 Å². The van der Waals surface area contributed by atoms with E-state index in [9.17, 15) is 17.2 Å². The van der Waals surface area contributed by atoms with Crippen LogP contribution in [-0.2, 0) is 10.2 Å². The highest BCUT2D eigenvalue weighted by molar-refractivity contribution is 7.90. The number of hydrogen-bond donors (Lipinski definition) is 2. The number of nitrogens with zero attached hydrogens (tertiary/aromatic N) is 1. The first kappa shape index (κ1) is 14.7. The highest BCUT2D eigenvalue weighted by atomic mass is 32.2. The molecule has 0 unspecified atom stereocenters. The molecule has 8 heteroatoms. The van der Waals surface area contributed by atoms with E-state index in [0.29, 0.717) is 0 Å². The van der Waals surface area contributed by atoms with Gasteiger partial charge in [-0.2, -0.15) is 12.7 Å². The van der Waals surface area contributed by atoms with E-state index < -0.39 is 33.3 Å². The van der Waals surface area contributed by atoms with Crippen LogP contribution < -0.4 is 4.72 Å². The van der Waals surface area contributed by atoms with Crippen LogP contribution >= 0.6 is 0 Å². The van der Waals surface area contributed by atoms with Crippen molar-refractivity contribution in [1.82, 2.24) is 4.31 Å². The Kier molecular flexibility index (Phi) is 4.12. The largest absolute Gasteiger partial charge is 0.503 e. The van der Waals surface area contributed by atoms with Crippen molar-refractivity contribution < 1.29 is 22.3 Å². The Bertz CT molecular complexity index is 546. The van der Waals surface area contributed by atoms with E-state index in [1.165, 1.54) is 7.05 Å². The number of anilines is 1. The lowest BCUT2D eigenvalue weighted by atomic mass is 10.3. The molecule has 0 aliphatic heterocycles. The maximum Gasteiger partial charge on any atom is 0.301 e. The average Bonchev–Trinajstić information content (AvgIpc) is 2.28. The Morgan fingerprint density at radius 3 is 2.39 bits per heavy atom. The molecule has 1 aromatic rings. The molecule has 0 radical (unpaired) electrons. The highest BCUT2D eigenvalue weighted by Gasteiger charge is 2.23. The zero-order valence-corrected chi connectivity index (χ0v) is 10.9. The molecule has 1 aromatic carbocycles. The maximum atomic E-state index is 13.4.